The van der Waals surface area contributed by atoms with Gasteiger partial charge in [0.15, 0.2) is 0 Å². The van der Waals surface area contributed by atoms with Crippen molar-refractivity contribution < 1.29 is 14.6 Å². The maximum Gasteiger partial charge on any atom is 0.0773 e. The predicted molar refractivity (Wildman–Crippen MR) is 129 cm³/mol. The van der Waals surface area contributed by atoms with Crippen LogP contribution in [0.25, 0.3) is 0 Å². The van der Waals surface area contributed by atoms with Gasteiger partial charge in [-0.15, -0.1) is 0 Å². The monoisotopic (exact) mass is 426 g/mol. The van der Waals surface area contributed by atoms with Crippen LogP contribution in [0.3, 0.4) is 0 Å². The first kappa shape index (κ1) is 27.9. The molecule has 30 heavy (non-hydrogen) atoms. The van der Waals surface area contributed by atoms with E-state index in [0.717, 1.165) is 32.5 Å². The molecule has 0 aromatic heterocycles. The Balaban J connectivity index is 1.97. The molecule has 3 heteroatoms. The maximum absolute atomic E-state index is 9.86. The summed E-state index contributed by atoms with van der Waals surface area (Å²) < 4.78 is 11.9. The fourth-order valence-corrected chi connectivity index (χ4v) is 4.49. The summed E-state index contributed by atoms with van der Waals surface area (Å²) in [6.07, 6.45) is 27.4. The lowest BCUT2D eigenvalue weighted by Crippen LogP contribution is -2.17. The third-order valence-electron chi connectivity index (χ3n) is 6.54. The average molecular weight is 427 g/mol. The van der Waals surface area contributed by atoms with E-state index in [1.807, 2.05) is 0 Å². The van der Waals surface area contributed by atoms with Gasteiger partial charge in [0.1, 0.15) is 0 Å². The zero-order valence-corrected chi connectivity index (χ0v) is 20.4. The van der Waals surface area contributed by atoms with E-state index in [1.54, 1.807) is 0 Å². The van der Waals surface area contributed by atoms with Crippen molar-refractivity contribution in [2.45, 2.75) is 154 Å². The van der Waals surface area contributed by atoms with Crippen LogP contribution < -0.4 is 0 Å². The largest absolute Gasteiger partial charge is 0.391 e. The molecule has 1 N–H and O–H groups in total. The van der Waals surface area contributed by atoms with E-state index >= 15 is 0 Å². The van der Waals surface area contributed by atoms with Crippen LogP contribution in [0.5, 0.6) is 0 Å². The van der Waals surface area contributed by atoms with Gasteiger partial charge >= 0.3 is 0 Å². The highest BCUT2D eigenvalue weighted by molar-refractivity contribution is 4.62. The second kappa shape index (κ2) is 22.1. The Morgan fingerprint density at radius 1 is 0.667 bits per heavy atom. The predicted octanol–water partition coefficient (Wildman–Crippen LogP) is 7.97. The van der Waals surface area contributed by atoms with Gasteiger partial charge in [0.25, 0.3) is 0 Å². The highest BCUT2D eigenvalue weighted by Gasteiger charge is 2.11. The highest BCUT2D eigenvalue weighted by atomic mass is 16.5. The van der Waals surface area contributed by atoms with Gasteiger partial charge in [-0.3, -0.25) is 0 Å². The summed E-state index contributed by atoms with van der Waals surface area (Å²) in [6, 6.07) is 0. The molecule has 2 atom stereocenters. The van der Waals surface area contributed by atoms with Crippen molar-refractivity contribution in [3.63, 3.8) is 0 Å². The lowest BCUT2D eigenvalue weighted by Gasteiger charge is -2.19. The van der Waals surface area contributed by atoms with Gasteiger partial charge in [0.05, 0.1) is 18.8 Å². The van der Waals surface area contributed by atoms with Gasteiger partial charge in [0.2, 0.25) is 0 Å². The zero-order chi connectivity index (χ0) is 21.5. The normalized spacial score (nSPS) is 22.6. The van der Waals surface area contributed by atoms with E-state index in [0.29, 0.717) is 12.7 Å². The Morgan fingerprint density at radius 2 is 1.20 bits per heavy atom. The minimum Gasteiger partial charge on any atom is -0.391 e. The van der Waals surface area contributed by atoms with Crippen molar-refractivity contribution in [3.8, 4) is 0 Å². The average Bonchev–Trinajstić information content (AvgIpc) is 2.75. The Labute approximate surface area is 188 Å². The Bertz CT molecular complexity index is 318. The summed E-state index contributed by atoms with van der Waals surface area (Å²) in [4.78, 5) is 0. The molecular weight excluding hydrogens is 372 g/mol. The Hall–Kier alpha value is -0.120. The van der Waals surface area contributed by atoms with E-state index in [-0.39, 0.29) is 6.10 Å². The maximum atomic E-state index is 9.86. The summed E-state index contributed by atoms with van der Waals surface area (Å²) in [5.41, 5.74) is 0. The number of hydrogen-bond donors (Lipinski definition) is 1. The molecule has 1 aliphatic heterocycles. The molecule has 1 fully saturated rings. The molecule has 180 valence electrons. The van der Waals surface area contributed by atoms with Crippen LogP contribution in [0.1, 0.15) is 142 Å². The van der Waals surface area contributed by atoms with Crippen LogP contribution in [-0.4, -0.2) is 37.1 Å². The fraction of sp³-hybridized carbons (Fsp3) is 1.00. The lowest BCUT2D eigenvalue weighted by atomic mass is 10.0. The third kappa shape index (κ3) is 18.6. The van der Waals surface area contributed by atoms with Crippen LogP contribution in [0.15, 0.2) is 0 Å². The number of hydrogen-bond acceptors (Lipinski definition) is 3. The van der Waals surface area contributed by atoms with Crippen LogP contribution in [0, 0.1) is 0 Å². The van der Waals surface area contributed by atoms with Gasteiger partial charge < -0.3 is 14.6 Å². The first-order chi connectivity index (χ1) is 14.8. The SMILES string of the molecule is CCCCCCCCCCCCCCOC1CCCCCCC(O)COCCCC1. The first-order valence-corrected chi connectivity index (χ1v) is 13.7. The topological polar surface area (TPSA) is 38.7 Å². The molecule has 0 saturated carbocycles. The second-order valence-electron chi connectivity index (χ2n) is 9.60. The standard InChI is InChI=1S/C27H54O3/c1-2-3-4-5-6-7-8-9-10-11-14-18-24-30-27-21-16-13-12-15-20-26(28)25-29-23-19-17-22-27/h26-28H,2-25H2,1H3. The number of unbranched alkanes of at least 4 members (excludes halogenated alkanes) is 11. The molecule has 0 aliphatic carbocycles. The van der Waals surface area contributed by atoms with E-state index < -0.39 is 0 Å². The molecule has 1 heterocycles. The summed E-state index contributed by atoms with van der Waals surface area (Å²) >= 11 is 0. The number of aliphatic hydroxyl groups is 1. The number of ether oxygens (including phenoxy) is 2. The molecule has 0 amide bonds. The lowest BCUT2D eigenvalue weighted by molar-refractivity contribution is 0.0194. The van der Waals surface area contributed by atoms with Crippen LogP contribution >= 0.6 is 0 Å². The van der Waals surface area contributed by atoms with E-state index in [4.69, 9.17) is 9.47 Å². The van der Waals surface area contributed by atoms with Crippen molar-refractivity contribution in [3.05, 3.63) is 0 Å². The molecule has 1 rings (SSSR count). The van der Waals surface area contributed by atoms with Crippen LogP contribution in [0.4, 0.5) is 0 Å². The van der Waals surface area contributed by atoms with Crippen molar-refractivity contribution in [1.82, 2.24) is 0 Å². The molecule has 1 saturated heterocycles. The van der Waals surface area contributed by atoms with Crippen molar-refractivity contribution in [2.24, 2.45) is 0 Å². The molecule has 0 spiro atoms. The molecular formula is C27H54O3. The van der Waals surface area contributed by atoms with Gasteiger partial charge in [-0.25, -0.2) is 0 Å². The second-order valence-corrected chi connectivity index (χ2v) is 9.60. The number of rotatable bonds is 14. The van der Waals surface area contributed by atoms with Crippen molar-refractivity contribution in [1.29, 1.82) is 0 Å². The summed E-state index contributed by atoms with van der Waals surface area (Å²) in [6.45, 7) is 4.53. The smallest absolute Gasteiger partial charge is 0.0773 e. The summed E-state index contributed by atoms with van der Waals surface area (Å²) in [7, 11) is 0. The molecule has 0 aromatic carbocycles. The molecule has 3 nitrogen and oxygen atoms in total. The molecule has 1 aliphatic rings. The van der Waals surface area contributed by atoms with E-state index in [9.17, 15) is 5.11 Å². The Kier molecular flexibility index (Phi) is 20.6. The van der Waals surface area contributed by atoms with Gasteiger partial charge in [-0.05, 0) is 38.5 Å². The minimum atomic E-state index is -0.264. The van der Waals surface area contributed by atoms with Crippen LogP contribution in [-0.2, 0) is 9.47 Å². The first-order valence-electron chi connectivity index (χ1n) is 13.7. The van der Waals surface area contributed by atoms with Gasteiger partial charge in [-0.1, -0.05) is 103 Å². The van der Waals surface area contributed by atoms with E-state index in [2.05, 4.69) is 6.92 Å². The number of aliphatic hydroxyl groups excluding tert-OH is 1. The van der Waals surface area contributed by atoms with Gasteiger partial charge in [0, 0.05) is 13.2 Å². The fourth-order valence-electron chi connectivity index (χ4n) is 4.49. The summed E-state index contributed by atoms with van der Waals surface area (Å²) in [5.74, 6) is 0. The quantitative estimate of drug-likeness (QED) is 0.286. The zero-order valence-electron chi connectivity index (χ0n) is 20.4. The van der Waals surface area contributed by atoms with Gasteiger partial charge in [-0.2, -0.15) is 0 Å². The minimum absolute atomic E-state index is 0.264. The highest BCUT2D eigenvalue weighted by Crippen LogP contribution is 2.17. The van der Waals surface area contributed by atoms with Crippen LogP contribution in [0.2, 0.25) is 0 Å². The van der Waals surface area contributed by atoms with Crippen molar-refractivity contribution in [2.75, 3.05) is 19.8 Å². The third-order valence-corrected chi connectivity index (χ3v) is 6.54. The Morgan fingerprint density at radius 3 is 1.83 bits per heavy atom. The molecule has 0 bridgehead atoms. The molecule has 0 radical (unpaired) electrons. The summed E-state index contributed by atoms with van der Waals surface area (Å²) in [5, 5.41) is 9.86. The molecule has 2 unspecified atom stereocenters. The van der Waals surface area contributed by atoms with Crippen molar-refractivity contribution >= 4 is 0 Å². The van der Waals surface area contributed by atoms with E-state index in [1.165, 1.54) is 116 Å². The molecule has 0 aromatic rings.